The zero-order valence-electron chi connectivity index (χ0n) is 31.9. The van der Waals surface area contributed by atoms with E-state index < -0.39 is 0 Å². The number of nitrogens with zero attached hydrogens (tertiary/aromatic N) is 2. The highest BCUT2D eigenvalue weighted by atomic mass is 14.9. The number of rotatable bonds is 5. The Labute approximate surface area is 332 Å². The van der Waals surface area contributed by atoms with Gasteiger partial charge in [-0.1, -0.05) is 196 Å². The van der Waals surface area contributed by atoms with Gasteiger partial charge in [0.25, 0.3) is 0 Å². The lowest BCUT2D eigenvalue weighted by atomic mass is 9.81. The molecule has 0 saturated carbocycles. The zero-order chi connectivity index (χ0) is 38.1. The largest absolute Gasteiger partial charge is 0.228 e. The molecule has 2 nitrogen and oxygen atoms in total. The van der Waals surface area contributed by atoms with Crippen molar-refractivity contribution in [3.63, 3.8) is 0 Å². The second-order valence-corrected chi connectivity index (χ2v) is 15.7. The smallest absolute Gasteiger partial charge is 0.160 e. The number of benzene rings is 9. The van der Waals surface area contributed by atoms with Gasteiger partial charge in [-0.05, 0) is 89.0 Å². The summed E-state index contributed by atoms with van der Waals surface area (Å²) in [6.07, 6.45) is 0. The summed E-state index contributed by atoms with van der Waals surface area (Å²) in [5, 5.41) is 7.43. The van der Waals surface area contributed by atoms with E-state index in [-0.39, 0.29) is 5.41 Å². The second-order valence-electron chi connectivity index (χ2n) is 15.7. The summed E-state index contributed by atoms with van der Waals surface area (Å²) in [4.78, 5) is 10.5. The van der Waals surface area contributed by atoms with Gasteiger partial charge in [-0.2, -0.15) is 0 Å². The summed E-state index contributed by atoms with van der Waals surface area (Å²) in [5.41, 5.74) is 15.1. The summed E-state index contributed by atoms with van der Waals surface area (Å²) in [5.74, 6) is 0.710. The lowest BCUT2D eigenvalue weighted by Gasteiger charge is -2.22. The fraction of sp³-hybridized carbons (Fsp3) is 0.0545. The van der Waals surface area contributed by atoms with E-state index in [2.05, 4.69) is 202 Å². The molecule has 0 bridgehead atoms. The molecule has 1 heterocycles. The molecule has 2 heteroatoms. The van der Waals surface area contributed by atoms with Crippen molar-refractivity contribution in [1.29, 1.82) is 0 Å². The van der Waals surface area contributed by atoms with Crippen LogP contribution in [-0.4, -0.2) is 9.97 Å². The molecular weight excluding hydrogens is 689 g/mol. The molecule has 10 aromatic rings. The standard InChI is InChI=1S/C55H38N2/c1-55(2)48-22-12-21-47(53(48)52-42-18-9-8-14-37(42)29-32-49(52)55)45-30-31-46(44-20-11-10-19-43(44)45)51-34-50(56-54(57-51)39-15-4-3-5-16-39)38-26-23-36(24-27-38)41-28-25-35-13-6-7-17-40(35)33-41/h3-34H,1-2H3. The first-order valence-electron chi connectivity index (χ1n) is 19.7. The van der Waals surface area contributed by atoms with Crippen molar-refractivity contribution in [1.82, 2.24) is 9.97 Å². The molecule has 1 aliphatic rings. The number of hydrogen-bond acceptors (Lipinski definition) is 2. The maximum Gasteiger partial charge on any atom is 0.160 e. The highest BCUT2D eigenvalue weighted by Crippen LogP contribution is 2.55. The van der Waals surface area contributed by atoms with Crippen LogP contribution in [0.4, 0.5) is 0 Å². The minimum absolute atomic E-state index is 0.112. The molecule has 57 heavy (non-hydrogen) atoms. The first kappa shape index (κ1) is 33.2. The van der Waals surface area contributed by atoms with Crippen LogP contribution in [0.15, 0.2) is 194 Å². The third kappa shape index (κ3) is 5.40. The molecule has 268 valence electrons. The van der Waals surface area contributed by atoms with E-state index in [0.29, 0.717) is 5.82 Å². The third-order valence-corrected chi connectivity index (χ3v) is 12.1. The Morgan fingerprint density at radius 1 is 0.333 bits per heavy atom. The Morgan fingerprint density at radius 2 is 0.930 bits per heavy atom. The maximum absolute atomic E-state index is 5.28. The van der Waals surface area contributed by atoms with Gasteiger partial charge in [0.15, 0.2) is 5.82 Å². The van der Waals surface area contributed by atoms with Crippen LogP contribution in [0.2, 0.25) is 0 Å². The lowest BCUT2D eigenvalue weighted by molar-refractivity contribution is 0.661. The van der Waals surface area contributed by atoms with Gasteiger partial charge in [0.05, 0.1) is 11.4 Å². The van der Waals surface area contributed by atoms with E-state index in [1.807, 2.05) is 6.07 Å². The number of fused-ring (bicyclic) bond motifs is 7. The lowest BCUT2D eigenvalue weighted by Crippen LogP contribution is -2.14. The van der Waals surface area contributed by atoms with Gasteiger partial charge in [-0.15, -0.1) is 0 Å². The molecule has 0 amide bonds. The van der Waals surface area contributed by atoms with Crippen LogP contribution < -0.4 is 0 Å². The Hall–Kier alpha value is -7.16. The fourth-order valence-electron chi connectivity index (χ4n) is 9.18. The maximum atomic E-state index is 5.28. The highest BCUT2D eigenvalue weighted by Gasteiger charge is 2.38. The molecule has 0 fully saturated rings. The van der Waals surface area contributed by atoms with E-state index in [9.17, 15) is 0 Å². The minimum atomic E-state index is -0.112. The van der Waals surface area contributed by atoms with E-state index >= 15 is 0 Å². The summed E-state index contributed by atoms with van der Waals surface area (Å²) >= 11 is 0. The SMILES string of the molecule is CC1(C)c2cccc(-c3ccc(-c4cc(-c5ccc(-c6ccc7ccccc7c6)cc5)nc(-c5ccccc5)n4)c4ccccc34)c2-c2c1ccc1ccccc21. The van der Waals surface area contributed by atoms with Gasteiger partial charge < -0.3 is 0 Å². The van der Waals surface area contributed by atoms with Gasteiger partial charge in [0.1, 0.15) is 0 Å². The Balaban J connectivity index is 1.07. The van der Waals surface area contributed by atoms with Crippen LogP contribution in [0.25, 0.3) is 99.6 Å². The predicted octanol–water partition coefficient (Wildman–Crippen LogP) is 14.6. The Bertz CT molecular complexity index is 3190. The molecular formula is C55H38N2. The van der Waals surface area contributed by atoms with Gasteiger partial charge in [-0.3, -0.25) is 0 Å². The molecule has 0 saturated heterocycles. The minimum Gasteiger partial charge on any atom is -0.228 e. The van der Waals surface area contributed by atoms with Crippen LogP contribution in [0.3, 0.4) is 0 Å². The fourth-order valence-corrected chi connectivity index (χ4v) is 9.18. The summed E-state index contributed by atoms with van der Waals surface area (Å²) < 4.78 is 0. The highest BCUT2D eigenvalue weighted by molar-refractivity contribution is 6.11. The molecule has 0 unspecified atom stereocenters. The van der Waals surface area contributed by atoms with Gasteiger partial charge >= 0.3 is 0 Å². The van der Waals surface area contributed by atoms with Crippen molar-refractivity contribution in [3.05, 3.63) is 205 Å². The van der Waals surface area contributed by atoms with E-state index in [0.717, 1.165) is 28.1 Å². The molecule has 11 rings (SSSR count). The first-order chi connectivity index (χ1) is 28.0. The summed E-state index contributed by atoms with van der Waals surface area (Å²) in [7, 11) is 0. The van der Waals surface area contributed by atoms with E-state index in [4.69, 9.17) is 9.97 Å². The molecule has 1 aromatic heterocycles. The van der Waals surface area contributed by atoms with Crippen molar-refractivity contribution in [3.8, 4) is 67.3 Å². The Kier molecular flexibility index (Phi) is 7.55. The molecule has 0 N–H and O–H groups in total. The zero-order valence-corrected chi connectivity index (χ0v) is 31.9. The molecule has 0 atom stereocenters. The van der Waals surface area contributed by atoms with Crippen LogP contribution in [0, 0.1) is 0 Å². The average molecular weight is 727 g/mol. The molecule has 1 aliphatic carbocycles. The normalized spacial score (nSPS) is 12.9. The number of aromatic nitrogens is 2. The van der Waals surface area contributed by atoms with E-state index in [1.54, 1.807) is 0 Å². The van der Waals surface area contributed by atoms with Crippen LogP contribution >= 0.6 is 0 Å². The van der Waals surface area contributed by atoms with Crippen molar-refractivity contribution >= 4 is 32.3 Å². The van der Waals surface area contributed by atoms with E-state index in [1.165, 1.54) is 76.8 Å². The summed E-state index contributed by atoms with van der Waals surface area (Å²) in [6, 6.07) is 70.1. The van der Waals surface area contributed by atoms with Gasteiger partial charge in [-0.25, -0.2) is 9.97 Å². The molecule has 0 aliphatic heterocycles. The summed E-state index contributed by atoms with van der Waals surface area (Å²) in [6.45, 7) is 4.73. The molecule has 0 radical (unpaired) electrons. The third-order valence-electron chi connectivity index (χ3n) is 12.1. The predicted molar refractivity (Wildman–Crippen MR) is 239 cm³/mol. The first-order valence-corrected chi connectivity index (χ1v) is 19.7. The van der Waals surface area contributed by atoms with Crippen LogP contribution in [-0.2, 0) is 5.41 Å². The second kappa shape index (κ2) is 13.0. The van der Waals surface area contributed by atoms with Crippen molar-refractivity contribution < 1.29 is 0 Å². The molecule has 0 spiro atoms. The van der Waals surface area contributed by atoms with Crippen LogP contribution in [0.1, 0.15) is 25.0 Å². The van der Waals surface area contributed by atoms with Crippen molar-refractivity contribution in [2.75, 3.05) is 0 Å². The van der Waals surface area contributed by atoms with Gasteiger partial charge in [0, 0.05) is 22.1 Å². The van der Waals surface area contributed by atoms with Crippen LogP contribution in [0.5, 0.6) is 0 Å². The average Bonchev–Trinajstić information content (AvgIpc) is 3.52. The number of hydrogen-bond donors (Lipinski definition) is 0. The quantitative estimate of drug-likeness (QED) is 0.176. The van der Waals surface area contributed by atoms with Crippen molar-refractivity contribution in [2.24, 2.45) is 0 Å². The Morgan fingerprint density at radius 3 is 1.74 bits per heavy atom. The van der Waals surface area contributed by atoms with Gasteiger partial charge in [0.2, 0.25) is 0 Å². The van der Waals surface area contributed by atoms with Crippen molar-refractivity contribution in [2.45, 2.75) is 19.3 Å². The molecule has 9 aromatic carbocycles. The monoisotopic (exact) mass is 726 g/mol. The topological polar surface area (TPSA) is 25.8 Å².